The smallest absolute Gasteiger partial charge is 0.408 e. The highest BCUT2D eigenvalue weighted by molar-refractivity contribution is 6.09. The first-order chi connectivity index (χ1) is 13.5. The summed E-state index contributed by atoms with van der Waals surface area (Å²) in [4.78, 5) is 37.0. The second-order valence-corrected chi connectivity index (χ2v) is 6.16. The van der Waals surface area contributed by atoms with E-state index in [0.717, 1.165) is 18.2 Å². The number of carbonyl (C=O) groups excluding carboxylic acids is 3. The van der Waals surface area contributed by atoms with Crippen LogP contribution < -0.4 is 5.32 Å². The molecule has 6 heteroatoms. The van der Waals surface area contributed by atoms with E-state index in [1.165, 1.54) is 6.92 Å². The SMILES string of the molecule is COC(=O)[C@](C/C=C\c1ccccc1)(NC(=O)OCc1ccccc1)C(C)=O. The van der Waals surface area contributed by atoms with Gasteiger partial charge in [0.25, 0.3) is 0 Å². The van der Waals surface area contributed by atoms with Gasteiger partial charge >= 0.3 is 12.1 Å². The minimum Gasteiger partial charge on any atom is -0.467 e. The van der Waals surface area contributed by atoms with Gasteiger partial charge in [-0.15, -0.1) is 0 Å². The second-order valence-electron chi connectivity index (χ2n) is 6.16. The van der Waals surface area contributed by atoms with E-state index in [0.29, 0.717) is 0 Å². The van der Waals surface area contributed by atoms with Gasteiger partial charge in [-0.25, -0.2) is 9.59 Å². The van der Waals surface area contributed by atoms with Crippen molar-refractivity contribution in [3.8, 4) is 0 Å². The quantitative estimate of drug-likeness (QED) is 0.559. The second kappa shape index (κ2) is 10.1. The molecule has 0 aliphatic carbocycles. The molecule has 0 aliphatic heterocycles. The lowest BCUT2D eigenvalue weighted by atomic mass is 9.90. The number of ether oxygens (including phenoxy) is 2. The van der Waals surface area contributed by atoms with Crippen molar-refractivity contribution in [3.63, 3.8) is 0 Å². The molecule has 1 atom stereocenters. The maximum absolute atomic E-state index is 12.4. The number of ketones is 1. The Morgan fingerprint density at radius 2 is 1.61 bits per heavy atom. The minimum absolute atomic E-state index is 0.0156. The molecule has 0 aliphatic rings. The monoisotopic (exact) mass is 381 g/mol. The summed E-state index contributed by atoms with van der Waals surface area (Å²) in [6.07, 6.45) is 2.46. The molecule has 2 aromatic rings. The maximum atomic E-state index is 12.4. The Hall–Kier alpha value is -3.41. The molecule has 6 nitrogen and oxygen atoms in total. The molecule has 0 unspecified atom stereocenters. The predicted octanol–water partition coefficient (Wildman–Crippen LogP) is 3.52. The third-order valence-electron chi connectivity index (χ3n) is 4.20. The lowest BCUT2D eigenvalue weighted by molar-refractivity contribution is -0.152. The minimum atomic E-state index is -1.85. The lowest BCUT2D eigenvalue weighted by Gasteiger charge is -2.28. The van der Waals surface area contributed by atoms with Crippen molar-refractivity contribution < 1.29 is 23.9 Å². The third-order valence-corrected chi connectivity index (χ3v) is 4.20. The van der Waals surface area contributed by atoms with Crippen LogP contribution in [0, 0.1) is 0 Å². The molecule has 28 heavy (non-hydrogen) atoms. The molecule has 1 amide bonds. The number of hydrogen-bond donors (Lipinski definition) is 1. The van der Waals surface area contributed by atoms with Gasteiger partial charge in [0.2, 0.25) is 5.54 Å². The highest BCUT2D eigenvalue weighted by atomic mass is 16.6. The maximum Gasteiger partial charge on any atom is 0.408 e. The summed E-state index contributed by atoms with van der Waals surface area (Å²) in [5.41, 5.74) is -0.169. The van der Waals surface area contributed by atoms with Gasteiger partial charge in [-0.2, -0.15) is 0 Å². The van der Waals surface area contributed by atoms with Crippen LogP contribution in [-0.2, 0) is 25.7 Å². The number of methoxy groups -OCH3 is 1. The molecule has 146 valence electrons. The molecule has 0 fully saturated rings. The number of nitrogens with one attached hydrogen (secondary N) is 1. The molecule has 0 aromatic heterocycles. The zero-order chi connectivity index (χ0) is 20.4. The van der Waals surface area contributed by atoms with Crippen molar-refractivity contribution >= 4 is 23.9 Å². The van der Waals surface area contributed by atoms with Crippen LogP contribution in [0.2, 0.25) is 0 Å². The third kappa shape index (κ3) is 5.54. The number of amides is 1. The molecule has 2 rings (SSSR count). The fourth-order valence-electron chi connectivity index (χ4n) is 2.60. The molecule has 0 bridgehead atoms. The predicted molar refractivity (Wildman–Crippen MR) is 105 cm³/mol. The Balaban J connectivity index is 2.13. The van der Waals surface area contributed by atoms with Gasteiger partial charge in [-0.05, 0) is 18.1 Å². The number of alkyl carbamates (subject to hydrolysis) is 1. The summed E-state index contributed by atoms with van der Waals surface area (Å²) in [5.74, 6) is -1.40. The van der Waals surface area contributed by atoms with Gasteiger partial charge in [0.05, 0.1) is 7.11 Å². The van der Waals surface area contributed by atoms with Gasteiger partial charge in [0.15, 0.2) is 5.78 Å². The van der Waals surface area contributed by atoms with Crippen LogP contribution in [0.25, 0.3) is 6.08 Å². The molecule has 1 N–H and O–H groups in total. The fourth-order valence-corrected chi connectivity index (χ4v) is 2.60. The van der Waals surface area contributed by atoms with Crippen LogP contribution in [0.4, 0.5) is 4.79 Å². The molecule has 0 saturated carbocycles. The summed E-state index contributed by atoms with van der Waals surface area (Å²) in [5, 5.41) is 2.40. The Labute approximate surface area is 164 Å². The standard InChI is InChI=1S/C22H23NO5/c1-17(24)22(20(25)27-2,15-9-14-18-10-5-3-6-11-18)23-21(26)28-16-19-12-7-4-8-13-19/h3-14H,15-16H2,1-2H3,(H,23,26)/b14-9-/t22-/m1/s1. The van der Waals surface area contributed by atoms with Gasteiger partial charge in [-0.3, -0.25) is 10.1 Å². The molecule has 2 aromatic carbocycles. The Morgan fingerprint density at radius 1 is 1.00 bits per heavy atom. The number of Topliss-reactive ketones (excluding diaryl/α,β-unsaturated/α-hetero) is 1. The first kappa shape index (κ1) is 20.9. The van der Waals surface area contributed by atoms with Crippen LogP contribution in [0.15, 0.2) is 66.7 Å². The van der Waals surface area contributed by atoms with E-state index in [4.69, 9.17) is 9.47 Å². The van der Waals surface area contributed by atoms with Crippen molar-refractivity contribution in [2.24, 2.45) is 0 Å². The average molecular weight is 381 g/mol. The first-order valence-corrected chi connectivity index (χ1v) is 8.78. The van der Waals surface area contributed by atoms with Gasteiger partial charge < -0.3 is 9.47 Å². The zero-order valence-electron chi connectivity index (χ0n) is 15.9. The van der Waals surface area contributed by atoms with Crippen LogP contribution >= 0.6 is 0 Å². The Bertz CT molecular complexity index is 833. The number of benzene rings is 2. The summed E-state index contributed by atoms with van der Waals surface area (Å²) in [7, 11) is 1.16. The molecule has 0 heterocycles. The van der Waals surface area contributed by atoms with Crippen molar-refractivity contribution in [3.05, 3.63) is 77.9 Å². The van der Waals surface area contributed by atoms with E-state index in [1.807, 2.05) is 48.5 Å². The fraction of sp³-hybridized carbons (Fsp3) is 0.227. The summed E-state index contributed by atoms with van der Waals surface area (Å²) < 4.78 is 9.94. The van der Waals surface area contributed by atoms with Crippen LogP contribution in [0.5, 0.6) is 0 Å². The van der Waals surface area contributed by atoms with E-state index in [1.54, 1.807) is 24.3 Å². The number of carbonyl (C=O) groups is 3. The van der Waals surface area contributed by atoms with Crippen LogP contribution in [0.3, 0.4) is 0 Å². The van der Waals surface area contributed by atoms with Gasteiger partial charge in [0.1, 0.15) is 6.61 Å². The van der Waals surface area contributed by atoms with E-state index in [9.17, 15) is 14.4 Å². The van der Waals surface area contributed by atoms with E-state index >= 15 is 0 Å². The highest BCUT2D eigenvalue weighted by Gasteiger charge is 2.45. The van der Waals surface area contributed by atoms with E-state index < -0.39 is 23.4 Å². The summed E-state index contributed by atoms with van der Waals surface area (Å²) in [6.45, 7) is 1.24. The average Bonchev–Trinajstić information content (AvgIpc) is 2.72. The van der Waals surface area contributed by atoms with Gasteiger partial charge in [-0.1, -0.05) is 72.8 Å². The molecular formula is C22H23NO5. The largest absolute Gasteiger partial charge is 0.467 e. The first-order valence-electron chi connectivity index (χ1n) is 8.78. The molecule has 0 saturated heterocycles. The molecular weight excluding hydrogens is 358 g/mol. The van der Waals surface area contributed by atoms with Crippen LogP contribution in [-0.4, -0.2) is 30.5 Å². The number of hydrogen-bond acceptors (Lipinski definition) is 5. The van der Waals surface area contributed by atoms with Crippen molar-refractivity contribution in [1.82, 2.24) is 5.32 Å². The van der Waals surface area contributed by atoms with Crippen molar-refractivity contribution in [1.29, 1.82) is 0 Å². The zero-order valence-corrected chi connectivity index (χ0v) is 15.9. The number of rotatable bonds is 8. The Kier molecular flexibility index (Phi) is 7.51. The summed E-state index contributed by atoms with van der Waals surface area (Å²) >= 11 is 0. The Morgan fingerprint density at radius 3 is 2.18 bits per heavy atom. The lowest BCUT2D eigenvalue weighted by Crippen LogP contribution is -2.59. The van der Waals surface area contributed by atoms with Crippen molar-refractivity contribution in [2.75, 3.05) is 7.11 Å². The molecule has 0 spiro atoms. The van der Waals surface area contributed by atoms with E-state index in [2.05, 4.69) is 5.32 Å². The molecule has 0 radical (unpaired) electrons. The topological polar surface area (TPSA) is 81.7 Å². The van der Waals surface area contributed by atoms with Crippen LogP contribution in [0.1, 0.15) is 24.5 Å². The van der Waals surface area contributed by atoms with E-state index in [-0.39, 0.29) is 13.0 Å². The number of esters is 1. The highest BCUT2D eigenvalue weighted by Crippen LogP contribution is 2.18. The summed E-state index contributed by atoms with van der Waals surface area (Å²) in [6, 6.07) is 18.5. The van der Waals surface area contributed by atoms with Crippen molar-refractivity contribution in [2.45, 2.75) is 25.5 Å². The van der Waals surface area contributed by atoms with Gasteiger partial charge in [0, 0.05) is 6.42 Å². The normalized spacial score (nSPS) is 12.8.